The van der Waals surface area contributed by atoms with Crippen LogP contribution >= 0.6 is 0 Å². The molecule has 7 nitrogen and oxygen atoms in total. The van der Waals surface area contributed by atoms with Crippen molar-refractivity contribution in [3.63, 3.8) is 0 Å². The number of anilines is 2. The van der Waals surface area contributed by atoms with Crippen LogP contribution in [0.5, 0.6) is 0 Å². The number of likely N-dealkylation sites (N-methyl/N-ethyl adjacent to an activating group) is 1. The molecule has 1 heterocycles. The van der Waals surface area contributed by atoms with Gasteiger partial charge in [-0.05, 0) is 12.5 Å². The number of carbonyl (C=O) groups is 1. The summed E-state index contributed by atoms with van der Waals surface area (Å²) < 4.78 is 0. The van der Waals surface area contributed by atoms with Gasteiger partial charge in [-0.3, -0.25) is 14.9 Å². The number of hydrogen-bond acceptors (Lipinski definition) is 5. The van der Waals surface area contributed by atoms with Crippen LogP contribution in [0.4, 0.5) is 17.1 Å². The first-order valence-corrected chi connectivity index (χ1v) is 7.03. The van der Waals surface area contributed by atoms with E-state index in [0.29, 0.717) is 24.5 Å². The molecule has 1 aromatic carbocycles. The Morgan fingerprint density at radius 2 is 2.10 bits per heavy atom. The van der Waals surface area contributed by atoms with Gasteiger partial charge in [0.1, 0.15) is 0 Å². The number of rotatable bonds is 5. The van der Waals surface area contributed by atoms with Crippen LogP contribution in [0.25, 0.3) is 0 Å². The highest BCUT2D eigenvalue weighted by Gasteiger charge is 2.23. The third-order valence-electron chi connectivity index (χ3n) is 3.51. The van der Waals surface area contributed by atoms with E-state index in [1.807, 2.05) is 17.9 Å². The molecular formula is C14H20N4O3. The first kappa shape index (κ1) is 15.1. The fourth-order valence-corrected chi connectivity index (χ4v) is 2.23. The van der Waals surface area contributed by atoms with Crippen molar-refractivity contribution >= 4 is 23.0 Å². The molecular weight excluding hydrogens is 272 g/mol. The lowest BCUT2D eigenvalue weighted by molar-refractivity contribution is -0.384. The predicted molar refractivity (Wildman–Crippen MR) is 81.7 cm³/mol. The van der Waals surface area contributed by atoms with Crippen molar-refractivity contribution in [1.29, 1.82) is 0 Å². The summed E-state index contributed by atoms with van der Waals surface area (Å²) in [6.07, 6.45) is 0.936. The number of nitro benzene ring substituents is 1. The van der Waals surface area contributed by atoms with Crippen molar-refractivity contribution in [2.45, 2.75) is 13.3 Å². The van der Waals surface area contributed by atoms with Crippen LogP contribution in [0.3, 0.4) is 0 Å². The molecule has 0 saturated carbocycles. The molecule has 0 spiro atoms. The molecule has 0 aliphatic carbocycles. The van der Waals surface area contributed by atoms with Gasteiger partial charge in [0.05, 0.1) is 11.5 Å². The molecule has 7 heteroatoms. The van der Waals surface area contributed by atoms with Crippen LogP contribution in [0.2, 0.25) is 0 Å². The summed E-state index contributed by atoms with van der Waals surface area (Å²) in [4.78, 5) is 26.0. The highest BCUT2D eigenvalue weighted by Crippen LogP contribution is 2.27. The van der Waals surface area contributed by atoms with E-state index in [9.17, 15) is 14.9 Å². The van der Waals surface area contributed by atoms with Crippen LogP contribution in [-0.4, -0.2) is 49.0 Å². The smallest absolute Gasteiger partial charge is 0.273 e. The average Bonchev–Trinajstić information content (AvgIpc) is 2.47. The Kier molecular flexibility index (Phi) is 4.62. The molecule has 0 unspecified atom stereocenters. The number of carbonyl (C=O) groups excluding carboxylic acids is 1. The van der Waals surface area contributed by atoms with Crippen LogP contribution in [-0.2, 0) is 4.79 Å². The predicted octanol–water partition coefficient (Wildman–Crippen LogP) is 1.70. The van der Waals surface area contributed by atoms with E-state index in [4.69, 9.17) is 0 Å². The van der Waals surface area contributed by atoms with Crippen molar-refractivity contribution in [3.05, 3.63) is 28.3 Å². The molecule has 1 N–H and O–H groups in total. The molecule has 0 bridgehead atoms. The molecule has 1 saturated heterocycles. The van der Waals surface area contributed by atoms with Gasteiger partial charge in [0.25, 0.3) is 5.69 Å². The maximum Gasteiger partial charge on any atom is 0.273 e. The Morgan fingerprint density at radius 1 is 1.33 bits per heavy atom. The number of benzene rings is 1. The van der Waals surface area contributed by atoms with Crippen LogP contribution in [0.15, 0.2) is 18.2 Å². The largest absolute Gasteiger partial charge is 0.385 e. The molecule has 0 aromatic heterocycles. The van der Waals surface area contributed by atoms with Gasteiger partial charge in [0, 0.05) is 50.2 Å². The summed E-state index contributed by atoms with van der Waals surface area (Å²) >= 11 is 0. The molecule has 1 amide bonds. The van der Waals surface area contributed by atoms with Gasteiger partial charge in [-0.15, -0.1) is 0 Å². The van der Waals surface area contributed by atoms with E-state index < -0.39 is 4.92 Å². The summed E-state index contributed by atoms with van der Waals surface area (Å²) in [6, 6.07) is 4.91. The Balaban J connectivity index is 2.27. The van der Waals surface area contributed by atoms with Gasteiger partial charge < -0.3 is 15.1 Å². The van der Waals surface area contributed by atoms with E-state index >= 15 is 0 Å². The molecule has 1 aliphatic rings. The normalized spacial score (nSPS) is 15.2. The second-order valence-electron chi connectivity index (χ2n) is 5.16. The summed E-state index contributed by atoms with van der Waals surface area (Å²) in [7, 11) is 1.77. The Morgan fingerprint density at radius 3 is 2.71 bits per heavy atom. The topological polar surface area (TPSA) is 78.7 Å². The lowest BCUT2D eigenvalue weighted by atomic mass is 10.2. The zero-order valence-electron chi connectivity index (χ0n) is 12.3. The number of nitrogens with one attached hydrogen (secondary N) is 1. The standard InChI is InChI=1S/C14H20N4O3/c1-3-4-15-11-7-12(9-13(8-11)18(20)21)17-6-5-16(2)14(19)10-17/h7-9,15H,3-6,10H2,1-2H3. The minimum absolute atomic E-state index is 0.0239. The monoisotopic (exact) mass is 292 g/mol. The minimum Gasteiger partial charge on any atom is -0.385 e. The molecule has 114 valence electrons. The SMILES string of the molecule is CCCNc1cc(N2CCN(C)C(=O)C2)cc([N+](=O)[O-])c1. The number of non-ortho nitro benzene ring substituents is 1. The Labute approximate surface area is 123 Å². The summed E-state index contributed by atoms with van der Waals surface area (Å²) in [6.45, 7) is 4.34. The van der Waals surface area contributed by atoms with Crippen LogP contribution < -0.4 is 10.2 Å². The van der Waals surface area contributed by atoms with E-state index in [2.05, 4.69) is 5.32 Å². The maximum atomic E-state index is 11.8. The zero-order valence-corrected chi connectivity index (χ0v) is 12.3. The van der Waals surface area contributed by atoms with Crippen molar-refractivity contribution in [3.8, 4) is 0 Å². The first-order chi connectivity index (χ1) is 10.0. The van der Waals surface area contributed by atoms with Crippen molar-refractivity contribution < 1.29 is 9.72 Å². The van der Waals surface area contributed by atoms with Gasteiger partial charge in [-0.1, -0.05) is 6.92 Å². The Hall–Kier alpha value is -2.31. The minimum atomic E-state index is -0.404. The van der Waals surface area contributed by atoms with Gasteiger partial charge in [0.2, 0.25) is 5.91 Å². The highest BCUT2D eigenvalue weighted by atomic mass is 16.6. The summed E-state index contributed by atoms with van der Waals surface area (Å²) in [5.74, 6) is 0.0239. The maximum absolute atomic E-state index is 11.8. The average molecular weight is 292 g/mol. The van der Waals surface area contributed by atoms with Crippen molar-refractivity contribution in [2.75, 3.05) is 43.4 Å². The van der Waals surface area contributed by atoms with E-state index in [1.165, 1.54) is 12.1 Å². The molecule has 1 aromatic rings. The van der Waals surface area contributed by atoms with Gasteiger partial charge in [0.15, 0.2) is 0 Å². The van der Waals surface area contributed by atoms with Gasteiger partial charge in [-0.2, -0.15) is 0 Å². The van der Waals surface area contributed by atoms with E-state index in [-0.39, 0.29) is 18.1 Å². The first-order valence-electron chi connectivity index (χ1n) is 7.03. The van der Waals surface area contributed by atoms with E-state index in [1.54, 1.807) is 11.9 Å². The van der Waals surface area contributed by atoms with Crippen molar-refractivity contribution in [1.82, 2.24) is 4.90 Å². The van der Waals surface area contributed by atoms with Crippen LogP contribution in [0, 0.1) is 10.1 Å². The quantitative estimate of drug-likeness (QED) is 0.660. The number of amides is 1. The molecule has 0 radical (unpaired) electrons. The highest BCUT2D eigenvalue weighted by molar-refractivity contribution is 5.83. The molecule has 2 rings (SSSR count). The Bertz CT molecular complexity index is 547. The third kappa shape index (κ3) is 3.62. The molecule has 0 atom stereocenters. The summed E-state index contributed by atoms with van der Waals surface area (Å²) in [5.41, 5.74) is 1.47. The zero-order chi connectivity index (χ0) is 15.4. The van der Waals surface area contributed by atoms with Crippen LogP contribution in [0.1, 0.15) is 13.3 Å². The van der Waals surface area contributed by atoms with E-state index in [0.717, 1.165) is 13.0 Å². The van der Waals surface area contributed by atoms with Gasteiger partial charge in [-0.25, -0.2) is 0 Å². The van der Waals surface area contributed by atoms with Crippen molar-refractivity contribution in [2.24, 2.45) is 0 Å². The molecule has 1 aliphatic heterocycles. The lowest BCUT2D eigenvalue weighted by Gasteiger charge is -2.33. The third-order valence-corrected chi connectivity index (χ3v) is 3.51. The lowest BCUT2D eigenvalue weighted by Crippen LogP contribution is -2.48. The second kappa shape index (κ2) is 6.43. The number of nitrogens with zero attached hydrogens (tertiary/aromatic N) is 3. The summed E-state index contributed by atoms with van der Waals surface area (Å²) in [5, 5.41) is 14.2. The number of piperazine rings is 1. The fraction of sp³-hybridized carbons (Fsp3) is 0.500. The molecule has 21 heavy (non-hydrogen) atoms. The second-order valence-corrected chi connectivity index (χ2v) is 5.16. The molecule has 1 fully saturated rings. The fourth-order valence-electron chi connectivity index (χ4n) is 2.23. The number of nitro groups is 1. The van der Waals surface area contributed by atoms with Gasteiger partial charge >= 0.3 is 0 Å². The number of hydrogen-bond donors (Lipinski definition) is 1.